The summed E-state index contributed by atoms with van der Waals surface area (Å²) < 4.78 is 5.19. The number of hydrogen-bond acceptors (Lipinski definition) is 2. The molecule has 0 aromatic heterocycles. The van der Waals surface area contributed by atoms with Gasteiger partial charge in [0.25, 0.3) is 5.24 Å². The first-order chi connectivity index (χ1) is 7.10. The molecular weight excluding hydrogens is 210 g/mol. The van der Waals surface area contributed by atoms with E-state index in [0.29, 0.717) is 5.75 Å². The summed E-state index contributed by atoms with van der Waals surface area (Å²) in [6, 6.07) is 5.79. The van der Waals surface area contributed by atoms with Crippen molar-refractivity contribution in [3.63, 3.8) is 0 Å². The second kappa shape index (κ2) is 5.07. The zero-order valence-electron chi connectivity index (χ0n) is 9.15. The molecule has 0 saturated carbocycles. The van der Waals surface area contributed by atoms with Crippen LogP contribution in [0, 0.1) is 0 Å². The molecule has 1 aromatic carbocycles. The summed E-state index contributed by atoms with van der Waals surface area (Å²) in [5, 5.41) is -0.304. The lowest BCUT2D eigenvalue weighted by atomic mass is 10.1. The van der Waals surface area contributed by atoms with Gasteiger partial charge >= 0.3 is 0 Å². The van der Waals surface area contributed by atoms with Crippen LogP contribution >= 0.6 is 12.6 Å². The van der Waals surface area contributed by atoms with Gasteiger partial charge in [-0.2, -0.15) is 0 Å². The van der Waals surface area contributed by atoms with Gasteiger partial charge in [0.05, 0.1) is 12.8 Å². The van der Waals surface area contributed by atoms with Crippen LogP contribution in [0.15, 0.2) is 18.2 Å². The number of nitrogens with zero attached hydrogens (tertiary/aromatic N) is 1. The first-order valence-electron chi connectivity index (χ1n) is 4.73. The van der Waals surface area contributed by atoms with Crippen LogP contribution < -0.4 is 9.64 Å². The van der Waals surface area contributed by atoms with Gasteiger partial charge < -0.3 is 9.64 Å². The van der Waals surface area contributed by atoms with Crippen LogP contribution in [0.4, 0.5) is 10.5 Å². The van der Waals surface area contributed by atoms with Crippen molar-refractivity contribution >= 4 is 23.6 Å². The summed E-state index contributed by atoms with van der Waals surface area (Å²) >= 11 is 3.79. The maximum absolute atomic E-state index is 11.1. The predicted octanol–water partition coefficient (Wildman–Crippen LogP) is 2.74. The highest BCUT2D eigenvalue weighted by molar-refractivity contribution is 7.96. The van der Waals surface area contributed by atoms with Crippen molar-refractivity contribution < 1.29 is 9.53 Å². The van der Waals surface area contributed by atoms with Gasteiger partial charge in [-0.1, -0.05) is 25.6 Å². The van der Waals surface area contributed by atoms with Crippen molar-refractivity contribution in [1.82, 2.24) is 0 Å². The van der Waals surface area contributed by atoms with E-state index in [0.717, 1.165) is 17.7 Å². The van der Waals surface area contributed by atoms with Gasteiger partial charge in [-0.25, -0.2) is 0 Å². The third-order valence-corrected chi connectivity index (χ3v) is 2.60. The summed E-state index contributed by atoms with van der Waals surface area (Å²) in [6.07, 6.45) is 0.922. The molecule has 0 aliphatic heterocycles. The Morgan fingerprint density at radius 1 is 1.53 bits per heavy atom. The van der Waals surface area contributed by atoms with Crippen molar-refractivity contribution in [1.29, 1.82) is 0 Å². The molecule has 15 heavy (non-hydrogen) atoms. The van der Waals surface area contributed by atoms with E-state index < -0.39 is 0 Å². The summed E-state index contributed by atoms with van der Waals surface area (Å²) in [6.45, 7) is 2.06. The van der Waals surface area contributed by atoms with Gasteiger partial charge in [0.1, 0.15) is 5.75 Å². The number of ether oxygens (including phenoxy) is 1. The number of aryl methyl sites for hydroxylation is 1. The Labute approximate surface area is 95.4 Å². The van der Waals surface area contributed by atoms with Gasteiger partial charge in [0, 0.05) is 7.05 Å². The van der Waals surface area contributed by atoms with E-state index in [-0.39, 0.29) is 5.24 Å². The van der Waals surface area contributed by atoms with E-state index in [2.05, 4.69) is 19.6 Å². The standard InChI is InChI=1S/C11H15NO2S/c1-4-8-5-6-10(14-3)9(7-8)12(2)11(13)15/h5-7H,4H2,1-3H3,(H,13,15). The maximum atomic E-state index is 11.1. The molecule has 0 saturated heterocycles. The van der Waals surface area contributed by atoms with Crippen LogP contribution in [0.3, 0.4) is 0 Å². The fourth-order valence-corrected chi connectivity index (χ4v) is 1.43. The molecule has 1 aromatic rings. The number of benzene rings is 1. The van der Waals surface area contributed by atoms with Crippen molar-refractivity contribution in [2.24, 2.45) is 0 Å². The first kappa shape index (κ1) is 11.9. The third kappa shape index (κ3) is 2.65. The predicted molar refractivity (Wildman–Crippen MR) is 65.2 cm³/mol. The molecule has 0 heterocycles. The maximum Gasteiger partial charge on any atom is 0.282 e. The SMILES string of the molecule is CCc1ccc(OC)c(N(C)C(=O)S)c1. The minimum atomic E-state index is -0.304. The van der Waals surface area contributed by atoms with Crippen molar-refractivity contribution in [3.05, 3.63) is 23.8 Å². The molecule has 0 fully saturated rings. The van der Waals surface area contributed by atoms with Crippen LogP contribution in [0.25, 0.3) is 0 Å². The fourth-order valence-electron chi connectivity index (χ4n) is 1.32. The molecule has 82 valence electrons. The second-order valence-electron chi connectivity index (χ2n) is 3.20. The largest absolute Gasteiger partial charge is 0.495 e. The lowest BCUT2D eigenvalue weighted by molar-refractivity contribution is 0.266. The highest BCUT2D eigenvalue weighted by Gasteiger charge is 2.12. The minimum Gasteiger partial charge on any atom is -0.495 e. The molecule has 1 amide bonds. The van der Waals surface area contributed by atoms with Gasteiger partial charge in [-0.15, -0.1) is 0 Å². The van der Waals surface area contributed by atoms with Gasteiger partial charge in [-0.05, 0) is 24.1 Å². The Balaban J connectivity index is 3.16. The lowest BCUT2D eigenvalue weighted by Crippen LogP contribution is -2.20. The Morgan fingerprint density at radius 3 is 2.67 bits per heavy atom. The molecule has 0 bridgehead atoms. The highest BCUT2D eigenvalue weighted by atomic mass is 32.1. The molecule has 0 aliphatic rings. The number of anilines is 1. The minimum absolute atomic E-state index is 0.304. The normalized spacial score (nSPS) is 9.87. The molecular formula is C11H15NO2S. The molecule has 0 unspecified atom stereocenters. The Morgan fingerprint density at radius 2 is 2.20 bits per heavy atom. The van der Waals surface area contributed by atoms with E-state index in [9.17, 15) is 4.79 Å². The number of carbonyl (C=O) groups is 1. The summed E-state index contributed by atoms with van der Waals surface area (Å²) in [4.78, 5) is 12.6. The monoisotopic (exact) mass is 225 g/mol. The molecule has 0 N–H and O–H groups in total. The quantitative estimate of drug-likeness (QED) is 0.801. The van der Waals surface area contributed by atoms with E-state index in [1.165, 1.54) is 4.90 Å². The number of rotatable bonds is 3. The summed E-state index contributed by atoms with van der Waals surface area (Å²) in [5.74, 6) is 0.678. The average Bonchev–Trinajstić information content (AvgIpc) is 2.27. The number of amides is 1. The van der Waals surface area contributed by atoms with Crippen LogP contribution in [-0.2, 0) is 6.42 Å². The van der Waals surface area contributed by atoms with E-state index in [4.69, 9.17) is 4.74 Å². The smallest absolute Gasteiger partial charge is 0.282 e. The molecule has 0 radical (unpaired) electrons. The molecule has 1 rings (SSSR count). The average molecular weight is 225 g/mol. The first-order valence-corrected chi connectivity index (χ1v) is 5.18. The lowest BCUT2D eigenvalue weighted by Gasteiger charge is -2.18. The topological polar surface area (TPSA) is 29.5 Å². The molecule has 4 heteroatoms. The van der Waals surface area contributed by atoms with Crippen LogP contribution in [0.2, 0.25) is 0 Å². The van der Waals surface area contributed by atoms with E-state index in [1.807, 2.05) is 18.2 Å². The Kier molecular flexibility index (Phi) is 4.03. The Bertz CT molecular complexity index is 366. The van der Waals surface area contributed by atoms with Crippen molar-refractivity contribution in [3.8, 4) is 5.75 Å². The van der Waals surface area contributed by atoms with Crippen LogP contribution in [0.1, 0.15) is 12.5 Å². The van der Waals surface area contributed by atoms with Gasteiger partial charge in [0.2, 0.25) is 0 Å². The summed E-state index contributed by atoms with van der Waals surface area (Å²) in [5.41, 5.74) is 1.91. The fraction of sp³-hybridized carbons (Fsp3) is 0.364. The highest BCUT2D eigenvalue weighted by Crippen LogP contribution is 2.29. The van der Waals surface area contributed by atoms with E-state index in [1.54, 1.807) is 14.2 Å². The summed E-state index contributed by atoms with van der Waals surface area (Å²) in [7, 11) is 3.26. The number of carbonyl (C=O) groups excluding carboxylic acids is 1. The van der Waals surface area contributed by atoms with Gasteiger partial charge in [0.15, 0.2) is 0 Å². The Hall–Kier alpha value is -1.16. The zero-order valence-corrected chi connectivity index (χ0v) is 10.0. The molecule has 0 spiro atoms. The van der Waals surface area contributed by atoms with Gasteiger partial charge in [-0.3, -0.25) is 4.79 Å². The van der Waals surface area contributed by atoms with E-state index >= 15 is 0 Å². The van der Waals surface area contributed by atoms with Crippen LogP contribution in [-0.4, -0.2) is 19.4 Å². The number of thiol groups is 1. The van der Waals surface area contributed by atoms with Crippen LogP contribution in [0.5, 0.6) is 5.75 Å². The van der Waals surface area contributed by atoms with Crippen molar-refractivity contribution in [2.75, 3.05) is 19.1 Å². The third-order valence-electron chi connectivity index (χ3n) is 2.30. The zero-order chi connectivity index (χ0) is 11.4. The molecule has 3 nitrogen and oxygen atoms in total. The van der Waals surface area contributed by atoms with Crippen molar-refractivity contribution in [2.45, 2.75) is 13.3 Å². The second-order valence-corrected chi connectivity index (χ2v) is 3.58. The molecule has 0 atom stereocenters. The molecule has 0 aliphatic carbocycles. The number of hydrogen-bond donors (Lipinski definition) is 1. The number of methoxy groups -OCH3 is 1.